The molecule has 1 aliphatic rings. The molecule has 110 valence electrons. The summed E-state index contributed by atoms with van der Waals surface area (Å²) in [6, 6.07) is 4.78. The van der Waals surface area contributed by atoms with Crippen molar-refractivity contribution in [2.24, 2.45) is 0 Å². The molecule has 1 saturated heterocycles. The molecule has 1 aromatic rings. The predicted octanol–water partition coefficient (Wildman–Crippen LogP) is 2.10. The molecule has 4 nitrogen and oxygen atoms in total. The molecular weight excluding hydrogens is 259 g/mol. The maximum absolute atomic E-state index is 13.7. The van der Waals surface area contributed by atoms with Crippen LogP contribution in [0.25, 0.3) is 0 Å². The Labute approximate surface area is 118 Å². The van der Waals surface area contributed by atoms with Gasteiger partial charge in [-0.2, -0.15) is 0 Å². The summed E-state index contributed by atoms with van der Waals surface area (Å²) in [5, 5.41) is 12.3. The van der Waals surface area contributed by atoms with Crippen molar-refractivity contribution < 1.29 is 14.3 Å². The van der Waals surface area contributed by atoms with E-state index in [0.29, 0.717) is 24.2 Å². The molecule has 0 spiro atoms. The Morgan fingerprint density at radius 2 is 2.30 bits per heavy atom. The third-order valence-corrected chi connectivity index (χ3v) is 4.08. The summed E-state index contributed by atoms with van der Waals surface area (Å²) in [5.41, 5.74) is 0.538. The summed E-state index contributed by atoms with van der Waals surface area (Å²) in [5.74, 6) is -1.39. The molecule has 2 atom stereocenters. The summed E-state index contributed by atoms with van der Waals surface area (Å²) in [7, 11) is 2.11. The average Bonchev–Trinajstić information content (AvgIpc) is 2.41. The number of halogens is 1. The van der Waals surface area contributed by atoms with Gasteiger partial charge in [0.2, 0.25) is 0 Å². The lowest BCUT2D eigenvalue weighted by Gasteiger charge is -2.35. The zero-order valence-electron chi connectivity index (χ0n) is 11.9. The highest BCUT2D eigenvalue weighted by molar-refractivity contribution is 5.87. The smallest absolute Gasteiger partial charge is 0.335 e. The van der Waals surface area contributed by atoms with E-state index in [0.717, 1.165) is 19.4 Å². The van der Waals surface area contributed by atoms with Crippen LogP contribution < -0.4 is 5.32 Å². The lowest BCUT2D eigenvalue weighted by molar-refractivity contribution is 0.0696. The first kappa shape index (κ1) is 14.9. The number of nitrogens with one attached hydrogen (secondary N) is 1. The van der Waals surface area contributed by atoms with Gasteiger partial charge < -0.3 is 15.3 Å². The number of hydrogen-bond acceptors (Lipinski definition) is 3. The third-order valence-electron chi connectivity index (χ3n) is 4.08. The van der Waals surface area contributed by atoms with Gasteiger partial charge in [0, 0.05) is 24.2 Å². The van der Waals surface area contributed by atoms with Crippen LogP contribution in [0.2, 0.25) is 0 Å². The summed E-state index contributed by atoms with van der Waals surface area (Å²) in [6.45, 7) is 3.57. The topological polar surface area (TPSA) is 52.6 Å². The largest absolute Gasteiger partial charge is 0.478 e. The van der Waals surface area contributed by atoms with E-state index >= 15 is 0 Å². The Bertz CT molecular complexity index is 493. The van der Waals surface area contributed by atoms with E-state index in [4.69, 9.17) is 5.11 Å². The molecule has 5 heteroatoms. The molecule has 20 heavy (non-hydrogen) atoms. The van der Waals surface area contributed by atoms with E-state index < -0.39 is 5.97 Å². The molecule has 2 rings (SSSR count). The first-order valence-electron chi connectivity index (χ1n) is 6.92. The standard InChI is InChI=1S/C15H21FN2O2/c1-10-7-13(5-6-18(10)2)17-9-12-8-11(15(19)20)3-4-14(12)16/h3-4,8,10,13,17H,5-7,9H2,1-2H3,(H,19,20). The fraction of sp³-hybridized carbons (Fsp3) is 0.533. The zero-order chi connectivity index (χ0) is 14.7. The number of rotatable bonds is 4. The number of benzene rings is 1. The van der Waals surface area contributed by atoms with Crippen LogP contribution in [-0.2, 0) is 6.54 Å². The molecule has 2 unspecified atom stereocenters. The minimum Gasteiger partial charge on any atom is -0.478 e. The van der Waals surface area contributed by atoms with Crippen LogP contribution in [0.15, 0.2) is 18.2 Å². The van der Waals surface area contributed by atoms with E-state index in [1.807, 2.05) is 0 Å². The number of aromatic carboxylic acids is 1. The maximum atomic E-state index is 13.7. The van der Waals surface area contributed by atoms with E-state index in [1.54, 1.807) is 0 Å². The lowest BCUT2D eigenvalue weighted by atomic mass is 9.98. The number of nitrogens with zero attached hydrogens (tertiary/aromatic N) is 1. The Hall–Kier alpha value is -1.46. The molecule has 0 aromatic heterocycles. The van der Waals surface area contributed by atoms with Crippen LogP contribution in [-0.4, -0.2) is 41.7 Å². The molecule has 2 N–H and O–H groups in total. The van der Waals surface area contributed by atoms with Crippen LogP contribution in [0, 0.1) is 5.82 Å². The monoisotopic (exact) mass is 280 g/mol. The van der Waals surface area contributed by atoms with E-state index in [9.17, 15) is 9.18 Å². The number of likely N-dealkylation sites (tertiary alicyclic amines) is 1. The van der Waals surface area contributed by atoms with Gasteiger partial charge in [-0.1, -0.05) is 0 Å². The minimum atomic E-state index is -1.03. The Morgan fingerprint density at radius 3 is 2.95 bits per heavy atom. The predicted molar refractivity (Wildman–Crippen MR) is 75.3 cm³/mol. The molecule has 0 aliphatic carbocycles. The van der Waals surface area contributed by atoms with Gasteiger partial charge in [-0.25, -0.2) is 9.18 Å². The number of hydrogen-bond donors (Lipinski definition) is 2. The first-order valence-corrected chi connectivity index (χ1v) is 6.92. The van der Waals surface area contributed by atoms with Gasteiger partial charge >= 0.3 is 5.97 Å². The highest BCUT2D eigenvalue weighted by Crippen LogP contribution is 2.17. The summed E-state index contributed by atoms with van der Waals surface area (Å²) < 4.78 is 13.7. The summed E-state index contributed by atoms with van der Waals surface area (Å²) >= 11 is 0. The van der Waals surface area contributed by atoms with Gasteiger partial charge in [0.25, 0.3) is 0 Å². The van der Waals surface area contributed by atoms with Crippen molar-refractivity contribution in [1.29, 1.82) is 0 Å². The second kappa shape index (κ2) is 6.33. The van der Waals surface area contributed by atoms with Gasteiger partial charge in [0.1, 0.15) is 5.82 Å². The first-order chi connectivity index (χ1) is 9.47. The Kier molecular flexibility index (Phi) is 4.73. The quantitative estimate of drug-likeness (QED) is 0.887. The van der Waals surface area contributed by atoms with Gasteiger partial charge in [-0.15, -0.1) is 0 Å². The van der Waals surface area contributed by atoms with E-state index in [1.165, 1.54) is 18.2 Å². The van der Waals surface area contributed by atoms with Crippen LogP contribution >= 0.6 is 0 Å². The number of piperidine rings is 1. The van der Waals surface area contributed by atoms with Crippen LogP contribution in [0.4, 0.5) is 4.39 Å². The fourth-order valence-corrected chi connectivity index (χ4v) is 2.57. The molecule has 1 aromatic carbocycles. The fourth-order valence-electron chi connectivity index (χ4n) is 2.57. The van der Waals surface area contributed by atoms with Crippen LogP contribution in [0.3, 0.4) is 0 Å². The number of carboxylic acid groups (broad SMARTS) is 1. The number of carbonyl (C=O) groups is 1. The van der Waals surface area contributed by atoms with Crippen molar-refractivity contribution in [3.63, 3.8) is 0 Å². The van der Waals surface area contributed by atoms with E-state index in [-0.39, 0.29) is 11.4 Å². The van der Waals surface area contributed by atoms with Crippen molar-refractivity contribution in [2.45, 2.75) is 38.4 Å². The van der Waals surface area contributed by atoms with Crippen LogP contribution in [0.5, 0.6) is 0 Å². The molecule has 1 aliphatic heterocycles. The van der Waals surface area contributed by atoms with Crippen molar-refractivity contribution in [1.82, 2.24) is 10.2 Å². The van der Waals surface area contributed by atoms with Crippen molar-refractivity contribution >= 4 is 5.97 Å². The molecule has 0 amide bonds. The highest BCUT2D eigenvalue weighted by atomic mass is 19.1. The Balaban J connectivity index is 1.97. The minimum absolute atomic E-state index is 0.125. The van der Waals surface area contributed by atoms with E-state index in [2.05, 4.69) is 24.2 Å². The molecule has 0 radical (unpaired) electrons. The second-order valence-corrected chi connectivity index (χ2v) is 5.54. The molecule has 0 saturated carbocycles. The molecule has 1 heterocycles. The summed E-state index contributed by atoms with van der Waals surface area (Å²) in [4.78, 5) is 13.2. The highest BCUT2D eigenvalue weighted by Gasteiger charge is 2.22. The molecular formula is C15H21FN2O2. The van der Waals surface area contributed by atoms with Crippen LogP contribution in [0.1, 0.15) is 35.7 Å². The SMILES string of the molecule is CC1CC(NCc2cc(C(=O)O)ccc2F)CCN1C. The van der Waals surface area contributed by atoms with Crippen molar-refractivity contribution in [3.05, 3.63) is 35.1 Å². The lowest BCUT2D eigenvalue weighted by Crippen LogP contribution is -2.45. The maximum Gasteiger partial charge on any atom is 0.335 e. The third kappa shape index (κ3) is 3.55. The van der Waals surface area contributed by atoms with Gasteiger partial charge in [-0.05, 0) is 51.6 Å². The second-order valence-electron chi connectivity index (χ2n) is 5.54. The number of carboxylic acids is 1. The van der Waals surface area contributed by atoms with Crippen molar-refractivity contribution in [2.75, 3.05) is 13.6 Å². The summed E-state index contributed by atoms with van der Waals surface area (Å²) in [6.07, 6.45) is 2.05. The zero-order valence-corrected chi connectivity index (χ0v) is 11.9. The van der Waals surface area contributed by atoms with Crippen molar-refractivity contribution in [3.8, 4) is 0 Å². The van der Waals surface area contributed by atoms with Gasteiger partial charge in [0.15, 0.2) is 0 Å². The Morgan fingerprint density at radius 1 is 1.55 bits per heavy atom. The molecule has 0 bridgehead atoms. The average molecular weight is 280 g/mol. The van der Waals surface area contributed by atoms with Gasteiger partial charge in [-0.3, -0.25) is 0 Å². The van der Waals surface area contributed by atoms with Gasteiger partial charge in [0.05, 0.1) is 5.56 Å². The molecule has 1 fully saturated rings. The normalized spacial score (nSPS) is 23.8.